The largest absolute Gasteiger partial charge is 0.353 e. The molecule has 0 unspecified atom stereocenters. The number of aryl methyl sites for hydroxylation is 1. The monoisotopic (exact) mass is 456 g/mol. The average Bonchev–Trinajstić information content (AvgIpc) is 3.29. The van der Waals surface area contributed by atoms with Crippen molar-refractivity contribution in [2.24, 2.45) is 7.05 Å². The van der Waals surface area contributed by atoms with E-state index in [0.717, 1.165) is 54.2 Å². The van der Waals surface area contributed by atoms with Gasteiger partial charge in [0.05, 0.1) is 23.9 Å². The fraction of sp³-hybridized carbons (Fsp3) is 0.320. The van der Waals surface area contributed by atoms with Crippen LogP contribution < -0.4 is 10.2 Å². The van der Waals surface area contributed by atoms with Gasteiger partial charge in [0.1, 0.15) is 11.6 Å². The predicted octanol–water partition coefficient (Wildman–Crippen LogP) is 3.21. The minimum Gasteiger partial charge on any atom is -0.353 e. The van der Waals surface area contributed by atoms with Gasteiger partial charge in [-0.3, -0.25) is 19.7 Å². The number of nitrogens with one attached hydrogen (secondary N) is 1. The first-order chi connectivity index (χ1) is 16.5. The second-order valence-electron chi connectivity index (χ2n) is 8.82. The minimum atomic E-state index is -0.217. The van der Waals surface area contributed by atoms with Crippen molar-refractivity contribution >= 4 is 28.3 Å². The summed E-state index contributed by atoms with van der Waals surface area (Å²) in [6.07, 6.45) is 8.65. The number of piperazine rings is 1. The van der Waals surface area contributed by atoms with Gasteiger partial charge < -0.3 is 14.8 Å². The molecule has 1 amide bonds. The number of imidazole rings is 1. The average molecular weight is 457 g/mol. The van der Waals surface area contributed by atoms with Gasteiger partial charge in [-0.2, -0.15) is 0 Å². The zero-order valence-corrected chi connectivity index (χ0v) is 19.6. The molecule has 0 aliphatic carbocycles. The number of aromatic nitrogens is 5. The van der Waals surface area contributed by atoms with Crippen LogP contribution in [0.1, 0.15) is 24.2 Å². The van der Waals surface area contributed by atoms with Crippen molar-refractivity contribution in [2.45, 2.75) is 19.9 Å². The number of pyridine rings is 3. The molecule has 1 saturated heterocycles. The summed E-state index contributed by atoms with van der Waals surface area (Å²) in [6, 6.07) is 7.83. The van der Waals surface area contributed by atoms with Crippen LogP contribution in [0, 0.1) is 0 Å². The number of rotatable bonds is 5. The molecule has 5 heterocycles. The summed E-state index contributed by atoms with van der Waals surface area (Å²) in [5.41, 5.74) is 2.28. The summed E-state index contributed by atoms with van der Waals surface area (Å²) in [5, 5.41) is 4.90. The number of hydrogen-bond acceptors (Lipinski definition) is 7. The second-order valence-corrected chi connectivity index (χ2v) is 8.82. The molecule has 9 nitrogen and oxygen atoms in total. The molecule has 1 fully saturated rings. The number of anilines is 2. The van der Waals surface area contributed by atoms with Crippen LogP contribution >= 0.6 is 0 Å². The van der Waals surface area contributed by atoms with E-state index in [4.69, 9.17) is 9.97 Å². The number of hydrogen-bond donors (Lipinski definition) is 1. The van der Waals surface area contributed by atoms with Gasteiger partial charge in [0.2, 0.25) is 0 Å². The van der Waals surface area contributed by atoms with E-state index in [1.165, 1.54) is 0 Å². The Balaban J connectivity index is 1.54. The zero-order valence-electron chi connectivity index (χ0n) is 19.6. The molecule has 1 aliphatic rings. The lowest BCUT2D eigenvalue weighted by molar-refractivity contribution is 0.102. The second kappa shape index (κ2) is 9.18. The minimum absolute atomic E-state index is 0.217. The summed E-state index contributed by atoms with van der Waals surface area (Å²) in [6.45, 7) is 8.12. The Bertz CT molecular complexity index is 1310. The van der Waals surface area contributed by atoms with Gasteiger partial charge in [0.25, 0.3) is 5.91 Å². The predicted molar refractivity (Wildman–Crippen MR) is 133 cm³/mol. The fourth-order valence-electron chi connectivity index (χ4n) is 4.32. The maximum atomic E-state index is 12.8. The van der Waals surface area contributed by atoms with E-state index in [1.807, 2.05) is 29.9 Å². The van der Waals surface area contributed by atoms with Gasteiger partial charge in [-0.1, -0.05) is 0 Å². The van der Waals surface area contributed by atoms with Crippen LogP contribution in [0.3, 0.4) is 0 Å². The molecule has 0 atom stereocenters. The molecular formula is C25H28N8O. The third-order valence-corrected chi connectivity index (χ3v) is 6.30. The maximum absolute atomic E-state index is 12.8. The Morgan fingerprint density at radius 3 is 2.47 bits per heavy atom. The molecule has 174 valence electrons. The summed E-state index contributed by atoms with van der Waals surface area (Å²) < 4.78 is 1.94. The summed E-state index contributed by atoms with van der Waals surface area (Å²) in [4.78, 5) is 35.4. The first kappa shape index (κ1) is 22.0. The molecular weight excluding hydrogens is 428 g/mol. The molecule has 1 N–H and O–H groups in total. The normalized spacial score (nSPS) is 14.6. The summed E-state index contributed by atoms with van der Waals surface area (Å²) in [7, 11) is 1.95. The lowest BCUT2D eigenvalue weighted by Crippen LogP contribution is -2.49. The van der Waals surface area contributed by atoms with Gasteiger partial charge in [0, 0.05) is 68.8 Å². The molecule has 34 heavy (non-hydrogen) atoms. The molecule has 4 aromatic heterocycles. The Labute approximate surface area is 198 Å². The van der Waals surface area contributed by atoms with E-state index in [2.05, 4.69) is 38.9 Å². The fourth-order valence-corrected chi connectivity index (χ4v) is 4.32. The standard InChI is InChI=1S/C25H28N8O/c1-17(2)32-8-10-33(11-9-32)24-20-14-28-21(22-15-27-16-31(22)3)12-19(20)13-23(29-24)30-25(34)18-4-6-26-7-5-18/h4-7,12-17H,8-11H2,1-3H3,(H,29,30,34). The van der Waals surface area contributed by atoms with Crippen molar-refractivity contribution in [1.29, 1.82) is 0 Å². The van der Waals surface area contributed by atoms with Crippen LogP contribution in [0.15, 0.2) is 55.4 Å². The highest BCUT2D eigenvalue weighted by Crippen LogP contribution is 2.31. The molecule has 5 rings (SSSR count). The van der Waals surface area contributed by atoms with E-state index in [1.54, 1.807) is 37.1 Å². The molecule has 0 spiro atoms. The van der Waals surface area contributed by atoms with Crippen molar-refractivity contribution in [2.75, 3.05) is 36.4 Å². The number of amides is 1. The van der Waals surface area contributed by atoms with Crippen LogP contribution in [0.2, 0.25) is 0 Å². The van der Waals surface area contributed by atoms with E-state index in [-0.39, 0.29) is 5.91 Å². The van der Waals surface area contributed by atoms with Crippen LogP contribution in [0.5, 0.6) is 0 Å². The Morgan fingerprint density at radius 2 is 1.79 bits per heavy atom. The third kappa shape index (κ3) is 4.34. The van der Waals surface area contributed by atoms with Gasteiger partial charge in [0.15, 0.2) is 0 Å². The number of carbonyl (C=O) groups excluding carboxylic acids is 1. The van der Waals surface area contributed by atoms with Gasteiger partial charge >= 0.3 is 0 Å². The van der Waals surface area contributed by atoms with Crippen molar-refractivity contribution in [3.8, 4) is 11.4 Å². The molecule has 4 aromatic rings. The lowest BCUT2D eigenvalue weighted by Gasteiger charge is -2.38. The smallest absolute Gasteiger partial charge is 0.256 e. The van der Waals surface area contributed by atoms with Gasteiger partial charge in [-0.05, 0) is 43.5 Å². The number of carbonyl (C=O) groups is 1. The van der Waals surface area contributed by atoms with Crippen LogP contribution in [-0.4, -0.2) is 67.5 Å². The molecule has 1 aliphatic heterocycles. The molecule has 9 heteroatoms. The van der Waals surface area contributed by atoms with Crippen molar-refractivity contribution in [3.63, 3.8) is 0 Å². The Morgan fingerprint density at radius 1 is 1.03 bits per heavy atom. The topological polar surface area (TPSA) is 92.1 Å². The van der Waals surface area contributed by atoms with Gasteiger partial charge in [-0.15, -0.1) is 0 Å². The van der Waals surface area contributed by atoms with E-state index < -0.39 is 0 Å². The van der Waals surface area contributed by atoms with E-state index in [0.29, 0.717) is 17.4 Å². The van der Waals surface area contributed by atoms with Crippen LogP contribution in [-0.2, 0) is 7.05 Å². The number of nitrogens with zero attached hydrogens (tertiary/aromatic N) is 7. The summed E-state index contributed by atoms with van der Waals surface area (Å²) in [5.74, 6) is 1.14. The highest BCUT2D eigenvalue weighted by Gasteiger charge is 2.23. The number of fused-ring (bicyclic) bond motifs is 1. The SMILES string of the molecule is CC(C)N1CCN(c2nc(NC(=O)c3ccncc3)cc3cc(-c4cncn4C)ncc23)CC1. The molecule has 0 bridgehead atoms. The van der Waals surface area contributed by atoms with Crippen LogP contribution in [0.4, 0.5) is 11.6 Å². The summed E-state index contributed by atoms with van der Waals surface area (Å²) >= 11 is 0. The van der Waals surface area contributed by atoms with E-state index in [9.17, 15) is 4.79 Å². The van der Waals surface area contributed by atoms with E-state index >= 15 is 0 Å². The third-order valence-electron chi connectivity index (χ3n) is 6.30. The lowest BCUT2D eigenvalue weighted by atomic mass is 10.1. The van der Waals surface area contributed by atoms with Gasteiger partial charge in [-0.25, -0.2) is 9.97 Å². The van der Waals surface area contributed by atoms with Crippen molar-refractivity contribution in [1.82, 2.24) is 29.4 Å². The first-order valence-corrected chi connectivity index (χ1v) is 11.5. The molecule has 0 aromatic carbocycles. The highest BCUT2D eigenvalue weighted by molar-refractivity contribution is 6.05. The molecule has 0 radical (unpaired) electrons. The highest BCUT2D eigenvalue weighted by atomic mass is 16.1. The Hall–Kier alpha value is -3.85. The molecule has 0 saturated carbocycles. The van der Waals surface area contributed by atoms with Crippen molar-refractivity contribution < 1.29 is 4.79 Å². The van der Waals surface area contributed by atoms with Crippen LogP contribution in [0.25, 0.3) is 22.2 Å². The maximum Gasteiger partial charge on any atom is 0.256 e. The zero-order chi connectivity index (χ0) is 23.7. The quantitative estimate of drug-likeness (QED) is 0.493. The first-order valence-electron chi connectivity index (χ1n) is 11.5. The van der Waals surface area contributed by atoms with Crippen molar-refractivity contribution in [3.05, 3.63) is 60.9 Å². The Kier molecular flexibility index (Phi) is 5.93.